The molecule has 94 valence electrons. The molecule has 2 heterocycles. The molecule has 0 spiro atoms. The number of thiophene rings is 2. The monoisotopic (exact) mass is 281 g/mol. The largest absolute Gasteiger partial charge is 0.462 e. The predicted molar refractivity (Wildman–Crippen MR) is 73.3 cm³/mol. The second-order valence-electron chi connectivity index (χ2n) is 3.31. The summed E-state index contributed by atoms with van der Waals surface area (Å²) in [6.45, 7) is 2.06. The molecule has 1 N–H and O–H groups in total. The van der Waals surface area contributed by atoms with Gasteiger partial charge in [-0.3, -0.25) is 4.79 Å². The molecule has 0 fully saturated rings. The number of esters is 1. The first-order chi connectivity index (χ1) is 8.77. The van der Waals surface area contributed by atoms with Gasteiger partial charge < -0.3 is 10.1 Å². The summed E-state index contributed by atoms with van der Waals surface area (Å²) in [6, 6.07) is 3.85. The van der Waals surface area contributed by atoms with Gasteiger partial charge in [0.25, 0.3) is 0 Å². The Morgan fingerprint density at radius 1 is 1.50 bits per heavy atom. The number of carbonyl (C=O) groups is 2. The van der Waals surface area contributed by atoms with Crippen LogP contribution in [0.25, 0.3) is 10.4 Å². The SMILES string of the molecule is CCOC(=O)c1c(-c2cccs2)csc1NC=O. The third-order valence-corrected chi connectivity index (χ3v) is 4.06. The smallest absolute Gasteiger partial charge is 0.341 e. The molecule has 0 bridgehead atoms. The van der Waals surface area contributed by atoms with Gasteiger partial charge in [-0.1, -0.05) is 6.07 Å². The summed E-state index contributed by atoms with van der Waals surface area (Å²) in [7, 11) is 0. The van der Waals surface area contributed by atoms with Crippen molar-refractivity contribution in [1.82, 2.24) is 0 Å². The van der Waals surface area contributed by atoms with Crippen LogP contribution in [0.4, 0.5) is 5.00 Å². The lowest BCUT2D eigenvalue weighted by Gasteiger charge is -2.05. The van der Waals surface area contributed by atoms with E-state index in [1.807, 2.05) is 22.9 Å². The van der Waals surface area contributed by atoms with E-state index in [4.69, 9.17) is 4.74 Å². The second kappa shape index (κ2) is 5.79. The van der Waals surface area contributed by atoms with E-state index in [2.05, 4.69) is 5.32 Å². The fourth-order valence-electron chi connectivity index (χ4n) is 1.54. The quantitative estimate of drug-likeness (QED) is 0.676. The van der Waals surface area contributed by atoms with E-state index in [0.717, 1.165) is 10.4 Å². The lowest BCUT2D eigenvalue weighted by atomic mass is 10.1. The van der Waals surface area contributed by atoms with Gasteiger partial charge in [-0.2, -0.15) is 0 Å². The number of carbonyl (C=O) groups excluding carboxylic acids is 2. The molecule has 0 radical (unpaired) electrons. The van der Waals surface area contributed by atoms with E-state index < -0.39 is 5.97 Å². The zero-order valence-electron chi connectivity index (χ0n) is 9.64. The van der Waals surface area contributed by atoms with Crippen LogP contribution >= 0.6 is 22.7 Å². The van der Waals surface area contributed by atoms with Crippen LogP contribution in [0.2, 0.25) is 0 Å². The van der Waals surface area contributed by atoms with Gasteiger partial charge in [0.1, 0.15) is 10.6 Å². The average Bonchev–Trinajstić information content (AvgIpc) is 2.97. The number of rotatable bonds is 5. The van der Waals surface area contributed by atoms with Gasteiger partial charge in [0.05, 0.1) is 6.61 Å². The zero-order chi connectivity index (χ0) is 13.0. The van der Waals surface area contributed by atoms with Gasteiger partial charge in [-0.15, -0.1) is 22.7 Å². The van der Waals surface area contributed by atoms with Crippen molar-refractivity contribution in [2.24, 2.45) is 0 Å². The Kier molecular flexibility index (Phi) is 4.11. The molecule has 0 atom stereocenters. The first-order valence-corrected chi connectivity index (χ1v) is 7.06. The summed E-state index contributed by atoms with van der Waals surface area (Å²) < 4.78 is 5.03. The Labute approximate surface area is 112 Å². The van der Waals surface area contributed by atoms with Crippen LogP contribution in [0, 0.1) is 0 Å². The van der Waals surface area contributed by atoms with E-state index in [1.165, 1.54) is 22.7 Å². The summed E-state index contributed by atoms with van der Waals surface area (Å²) in [5, 5.41) is 6.85. The van der Waals surface area contributed by atoms with Gasteiger partial charge in [0, 0.05) is 15.8 Å². The molecule has 6 heteroatoms. The van der Waals surface area contributed by atoms with E-state index in [9.17, 15) is 9.59 Å². The minimum atomic E-state index is -0.411. The first-order valence-electron chi connectivity index (χ1n) is 5.30. The van der Waals surface area contributed by atoms with Crippen LogP contribution in [0.15, 0.2) is 22.9 Å². The molecule has 1 amide bonds. The van der Waals surface area contributed by atoms with Gasteiger partial charge in [0.15, 0.2) is 0 Å². The molecule has 4 nitrogen and oxygen atoms in total. The maximum Gasteiger partial charge on any atom is 0.341 e. The number of hydrogen-bond acceptors (Lipinski definition) is 5. The lowest BCUT2D eigenvalue weighted by molar-refractivity contribution is -0.105. The third kappa shape index (κ3) is 2.44. The molecule has 0 aliphatic rings. The van der Waals surface area contributed by atoms with E-state index in [0.29, 0.717) is 23.6 Å². The fourth-order valence-corrected chi connectivity index (χ4v) is 3.27. The van der Waals surface area contributed by atoms with Crippen LogP contribution in [-0.2, 0) is 9.53 Å². The van der Waals surface area contributed by atoms with Crippen LogP contribution in [0.3, 0.4) is 0 Å². The molecule has 0 aliphatic heterocycles. The molecule has 2 aromatic rings. The summed E-state index contributed by atoms with van der Waals surface area (Å²) >= 11 is 2.86. The summed E-state index contributed by atoms with van der Waals surface area (Å²) in [5.41, 5.74) is 1.23. The van der Waals surface area contributed by atoms with E-state index in [-0.39, 0.29) is 0 Å². The fraction of sp³-hybridized carbons (Fsp3) is 0.167. The second-order valence-corrected chi connectivity index (χ2v) is 5.14. The average molecular weight is 281 g/mol. The van der Waals surface area contributed by atoms with Crippen LogP contribution in [-0.4, -0.2) is 19.0 Å². The Morgan fingerprint density at radius 3 is 2.94 bits per heavy atom. The van der Waals surface area contributed by atoms with E-state index >= 15 is 0 Å². The predicted octanol–water partition coefficient (Wildman–Crippen LogP) is 3.22. The van der Waals surface area contributed by atoms with Crippen molar-refractivity contribution in [3.8, 4) is 10.4 Å². The van der Waals surface area contributed by atoms with E-state index in [1.54, 1.807) is 6.92 Å². The minimum absolute atomic E-state index is 0.305. The highest BCUT2D eigenvalue weighted by Crippen LogP contribution is 2.37. The maximum atomic E-state index is 12.0. The van der Waals surface area contributed by atoms with Crippen molar-refractivity contribution >= 4 is 40.1 Å². The molecule has 0 unspecified atom stereocenters. The Morgan fingerprint density at radius 2 is 2.33 bits per heavy atom. The van der Waals surface area contributed by atoms with Gasteiger partial charge in [0.2, 0.25) is 6.41 Å². The molecule has 2 aromatic heterocycles. The van der Waals surface area contributed by atoms with Crippen molar-refractivity contribution in [3.05, 3.63) is 28.5 Å². The normalized spacial score (nSPS) is 10.1. The first kappa shape index (κ1) is 12.8. The van der Waals surface area contributed by atoms with Crippen LogP contribution < -0.4 is 5.32 Å². The number of hydrogen-bond donors (Lipinski definition) is 1. The standard InChI is InChI=1S/C12H11NO3S2/c1-2-16-12(15)10-8(9-4-3-5-17-9)6-18-11(10)13-7-14/h3-7H,2H2,1H3,(H,13,14). The highest BCUT2D eigenvalue weighted by molar-refractivity contribution is 7.17. The molecule has 18 heavy (non-hydrogen) atoms. The molecular formula is C12H11NO3S2. The molecular weight excluding hydrogens is 270 g/mol. The number of anilines is 1. The van der Waals surface area contributed by atoms with Gasteiger partial charge in [-0.05, 0) is 18.4 Å². The Hall–Kier alpha value is -1.66. The molecule has 0 saturated heterocycles. The molecule has 0 aliphatic carbocycles. The van der Waals surface area contributed by atoms with Crippen molar-refractivity contribution in [3.63, 3.8) is 0 Å². The maximum absolute atomic E-state index is 12.0. The van der Waals surface area contributed by atoms with Crippen molar-refractivity contribution < 1.29 is 14.3 Å². The third-order valence-electron chi connectivity index (χ3n) is 2.25. The zero-order valence-corrected chi connectivity index (χ0v) is 11.3. The van der Waals surface area contributed by atoms with Crippen molar-refractivity contribution in [1.29, 1.82) is 0 Å². The number of nitrogens with one attached hydrogen (secondary N) is 1. The summed E-state index contributed by atoms with van der Waals surface area (Å²) in [4.78, 5) is 23.5. The molecule has 0 saturated carbocycles. The van der Waals surface area contributed by atoms with Crippen molar-refractivity contribution in [2.75, 3.05) is 11.9 Å². The van der Waals surface area contributed by atoms with Gasteiger partial charge >= 0.3 is 5.97 Å². The summed E-state index contributed by atoms with van der Waals surface area (Å²) in [6.07, 6.45) is 0.562. The molecule has 2 rings (SSSR count). The highest BCUT2D eigenvalue weighted by Gasteiger charge is 2.21. The lowest BCUT2D eigenvalue weighted by Crippen LogP contribution is -2.07. The van der Waals surface area contributed by atoms with Crippen LogP contribution in [0.5, 0.6) is 0 Å². The summed E-state index contributed by atoms with van der Waals surface area (Å²) in [5.74, 6) is -0.411. The van der Waals surface area contributed by atoms with Crippen LogP contribution in [0.1, 0.15) is 17.3 Å². The molecule has 0 aromatic carbocycles. The highest BCUT2D eigenvalue weighted by atomic mass is 32.1. The minimum Gasteiger partial charge on any atom is -0.462 e. The number of amides is 1. The van der Waals surface area contributed by atoms with Crippen molar-refractivity contribution in [2.45, 2.75) is 6.92 Å². The topological polar surface area (TPSA) is 55.4 Å². The Bertz CT molecular complexity index is 546. The number of ether oxygens (including phenoxy) is 1. The van der Waals surface area contributed by atoms with Gasteiger partial charge in [-0.25, -0.2) is 4.79 Å². The Balaban J connectivity index is 2.47.